The molecule has 0 atom stereocenters. The van der Waals surface area contributed by atoms with E-state index >= 15 is 0 Å². The molecule has 0 aliphatic rings. The molecule has 0 saturated carbocycles. The molecule has 1 aromatic heterocycles. The predicted molar refractivity (Wildman–Crippen MR) is 93.9 cm³/mol. The molecular formula is C19H15NO2S. The maximum absolute atomic E-state index is 11.7. The van der Waals surface area contributed by atoms with Gasteiger partial charge in [0, 0.05) is 5.39 Å². The summed E-state index contributed by atoms with van der Waals surface area (Å²) in [7, 11) is 0. The molecule has 2 aromatic carbocycles. The normalized spacial score (nSPS) is 9.91. The first-order valence-corrected chi connectivity index (χ1v) is 8.10. The van der Waals surface area contributed by atoms with Crippen molar-refractivity contribution in [2.45, 2.75) is 0 Å². The number of hydrogen-bond acceptors (Lipinski definition) is 3. The van der Waals surface area contributed by atoms with Crippen molar-refractivity contribution in [1.82, 2.24) is 5.32 Å². The summed E-state index contributed by atoms with van der Waals surface area (Å²) >= 11 is 1.41. The number of thiophene rings is 1. The van der Waals surface area contributed by atoms with Crippen LogP contribution >= 0.6 is 11.3 Å². The van der Waals surface area contributed by atoms with E-state index in [1.807, 2.05) is 53.9 Å². The third kappa shape index (κ3) is 3.91. The second-order valence-electron chi connectivity index (χ2n) is 4.78. The van der Waals surface area contributed by atoms with Crippen molar-refractivity contribution in [1.29, 1.82) is 0 Å². The molecule has 4 heteroatoms. The van der Waals surface area contributed by atoms with Gasteiger partial charge in [-0.1, -0.05) is 54.3 Å². The van der Waals surface area contributed by atoms with Crippen LogP contribution in [0.5, 0.6) is 5.75 Å². The van der Waals surface area contributed by atoms with E-state index in [2.05, 4.69) is 17.2 Å². The molecule has 3 rings (SSSR count). The van der Waals surface area contributed by atoms with Crippen LogP contribution in [0.25, 0.3) is 10.8 Å². The van der Waals surface area contributed by atoms with E-state index in [1.165, 1.54) is 11.3 Å². The highest BCUT2D eigenvalue weighted by molar-refractivity contribution is 7.12. The zero-order valence-corrected chi connectivity index (χ0v) is 13.2. The van der Waals surface area contributed by atoms with E-state index in [0.29, 0.717) is 18.0 Å². The fourth-order valence-electron chi connectivity index (χ4n) is 2.17. The second kappa shape index (κ2) is 7.48. The summed E-state index contributed by atoms with van der Waals surface area (Å²) in [5.74, 6) is 6.54. The minimum atomic E-state index is -0.0933. The highest BCUT2D eigenvalue weighted by atomic mass is 32.1. The van der Waals surface area contributed by atoms with E-state index in [9.17, 15) is 4.79 Å². The minimum Gasteiger partial charge on any atom is -0.480 e. The van der Waals surface area contributed by atoms with Crippen LogP contribution in [0, 0.1) is 11.8 Å². The molecule has 0 aliphatic heterocycles. The largest absolute Gasteiger partial charge is 0.480 e. The average Bonchev–Trinajstić information content (AvgIpc) is 3.12. The number of nitrogens with one attached hydrogen (secondary N) is 1. The Bertz CT molecular complexity index is 854. The van der Waals surface area contributed by atoms with Crippen LogP contribution in [0.15, 0.2) is 60.0 Å². The Labute approximate surface area is 138 Å². The summed E-state index contributed by atoms with van der Waals surface area (Å²) in [5.41, 5.74) is 0. The van der Waals surface area contributed by atoms with Gasteiger partial charge in [0.25, 0.3) is 5.91 Å². The number of ether oxygens (including phenoxy) is 1. The van der Waals surface area contributed by atoms with Gasteiger partial charge < -0.3 is 10.1 Å². The van der Waals surface area contributed by atoms with Gasteiger partial charge in [0.05, 0.1) is 11.4 Å². The quantitative estimate of drug-likeness (QED) is 0.744. The lowest BCUT2D eigenvalue weighted by Gasteiger charge is -2.06. The maximum Gasteiger partial charge on any atom is 0.262 e. The fraction of sp³-hybridized carbons (Fsp3) is 0.105. The van der Waals surface area contributed by atoms with Gasteiger partial charge in [-0.2, -0.15) is 0 Å². The molecule has 0 spiro atoms. The van der Waals surface area contributed by atoms with Crippen molar-refractivity contribution >= 4 is 28.0 Å². The van der Waals surface area contributed by atoms with Crippen molar-refractivity contribution in [3.05, 3.63) is 64.9 Å². The van der Waals surface area contributed by atoms with Gasteiger partial charge in [-0.15, -0.1) is 11.3 Å². The Morgan fingerprint density at radius 2 is 1.91 bits per heavy atom. The zero-order valence-electron chi connectivity index (χ0n) is 12.4. The molecule has 3 aromatic rings. The molecule has 1 N–H and O–H groups in total. The van der Waals surface area contributed by atoms with Crippen LogP contribution in [-0.2, 0) is 0 Å². The highest BCUT2D eigenvalue weighted by Gasteiger charge is 2.03. The van der Waals surface area contributed by atoms with E-state index < -0.39 is 0 Å². The first-order chi connectivity index (χ1) is 11.3. The highest BCUT2D eigenvalue weighted by Crippen LogP contribution is 2.24. The topological polar surface area (TPSA) is 38.3 Å². The molecule has 0 unspecified atom stereocenters. The van der Waals surface area contributed by atoms with Gasteiger partial charge >= 0.3 is 0 Å². The van der Waals surface area contributed by atoms with Crippen LogP contribution in [0.1, 0.15) is 9.67 Å². The van der Waals surface area contributed by atoms with Crippen LogP contribution < -0.4 is 10.1 Å². The van der Waals surface area contributed by atoms with E-state index in [0.717, 1.165) is 16.5 Å². The van der Waals surface area contributed by atoms with E-state index in [1.54, 1.807) is 6.07 Å². The summed E-state index contributed by atoms with van der Waals surface area (Å²) in [6.45, 7) is 0.610. The SMILES string of the molecule is O=C(NCC#CCOc1cccc2ccccc12)c1cccs1. The number of amides is 1. The first kappa shape index (κ1) is 15.1. The lowest BCUT2D eigenvalue weighted by molar-refractivity contribution is 0.0962. The Morgan fingerprint density at radius 1 is 1.04 bits per heavy atom. The molecule has 1 amide bonds. The molecule has 0 radical (unpaired) electrons. The Balaban J connectivity index is 1.51. The Kier molecular flexibility index (Phi) is 4.92. The zero-order chi connectivity index (χ0) is 15.9. The lowest BCUT2D eigenvalue weighted by atomic mass is 10.1. The minimum absolute atomic E-state index is 0.0933. The van der Waals surface area contributed by atoms with Crippen molar-refractivity contribution in [2.24, 2.45) is 0 Å². The molecule has 114 valence electrons. The molecule has 0 saturated heterocycles. The van der Waals surface area contributed by atoms with E-state index in [-0.39, 0.29) is 5.91 Å². The molecule has 3 nitrogen and oxygen atoms in total. The van der Waals surface area contributed by atoms with Crippen molar-refractivity contribution in [3.8, 4) is 17.6 Å². The number of carbonyl (C=O) groups is 1. The van der Waals surface area contributed by atoms with Crippen LogP contribution in [0.4, 0.5) is 0 Å². The summed E-state index contributed by atoms with van der Waals surface area (Å²) in [5, 5.41) is 6.84. The summed E-state index contributed by atoms with van der Waals surface area (Å²) in [6.07, 6.45) is 0. The maximum atomic E-state index is 11.7. The molecule has 1 heterocycles. The summed E-state index contributed by atoms with van der Waals surface area (Å²) in [6, 6.07) is 17.7. The van der Waals surface area contributed by atoms with Crippen molar-refractivity contribution < 1.29 is 9.53 Å². The molecule has 0 fully saturated rings. The third-order valence-electron chi connectivity index (χ3n) is 3.26. The number of carbonyl (C=O) groups excluding carboxylic acids is 1. The molecule has 0 bridgehead atoms. The Morgan fingerprint density at radius 3 is 2.78 bits per heavy atom. The molecule has 23 heavy (non-hydrogen) atoms. The number of fused-ring (bicyclic) bond motifs is 1. The second-order valence-corrected chi connectivity index (χ2v) is 5.73. The van der Waals surface area contributed by atoms with Crippen LogP contribution in [0.2, 0.25) is 0 Å². The Hall–Kier alpha value is -2.77. The van der Waals surface area contributed by atoms with Gasteiger partial charge in [-0.05, 0) is 22.9 Å². The lowest BCUT2D eigenvalue weighted by Crippen LogP contribution is -2.22. The van der Waals surface area contributed by atoms with Crippen LogP contribution in [0.3, 0.4) is 0 Å². The van der Waals surface area contributed by atoms with Crippen LogP contribution in [-0.4, -0.2) is 19.1 Å². The van der Waals surface area contributed by atoms with Gasteiger partial charge in [0.1, 0.15) is 12.4 Å². The molecular weight excluding hydrogens is 306 g/mol. The number of benzene rings is 2. The van der Waals surface area contributed by atoms with Gasteiger partial charge in [-0.25, -0.2) is 0 Å². The average molecular weight is 321 g/mol. The van der Waals surface area contributed by atoms with E-state index in [4.69, 9.17) is 4.74 Å². The summed E-state index contributed by atoms with van der Waals surface area (Å²) in [4.78, 5) is 12.4. The standard InChI is InChI=1S/C19H15NO2S/c21-19(18-11-6-14-23-18)20-12-3-4-13-22-17-10-5-8-15-7-1-2-9-16(15)17/h1-2,5-11,14H,12-13H2,(H,20,21). The third-order valence-corrected chi connectivity index (χ3v) is 4.13. The predicted octanol–water partition coefficient (Wildman–Crippen LogP) is 3.71. The van der Waals surface area contributed by atoms with Gasteiger partial charge in [0.2, 0.25) is 0 Å². The molecule has 0 aliphatic carbocycles. The fourth-order valence-corrected chi connectivity index (χ4v) is 2.81. The van der Waals surface area contributed by atoms with Crippen molar-refractivity contribution in [2.75, 3.05) is 13.2 Å². The van der Waals surface area contributed by atoms with Gasteiger partial charge in [-0.3, -0.25) is 4.79 Å². The summed E-state index contributed by atoms with van der Waals surface area (Å²) < 4.78 is 5.71. The number of hydrogen-bond donors (Lipinski definition) is 1. The number of rotatable bonds is 4. The smallest absolute Gasteiger partial charge is 0.262 e. The van der Waals surface area contributed by atoms with Crippen molar-refractivity contribution in [3.63, 3.8) is 0 Å². The monoisotopic (exact) mass is 321 g/mol. The van der Waals surface area contributed by atoms with Gasteiger partial charge in [0.15, 0.2) is 0 Å². The first-order valence-electron chi connectivity index (χ1n) is 7.22.